The Kier molecular flexibility index (Phi) is 4.62. The van der Waals surface area contributed by atoms with Gasteiger partial charge in [0.05, 0.1) is 12.1 Å². The van der Waals surface area contributed by atoms with E-state index in [0.717, 1.165) is 11.1 Å². The van der Waals surface area contributed by atoms with Crippen LogP contribution in [0.5, 0.6) is 5.75 Å². The summed E-state index contributed by atoms with van der Waals surface area (Å²) in [4.78, 5) is 12.2. The number of fused-ring (bicyclic) bond motifs is 1. The lowest BCUT2D eigenvalue weighted by Gasteiger charge is -2.45. The molecule has 1 aromatic rings. The average molecular weight is 321 g/mol. The van der Waals surface area contributed by atoms with Gasteiger partial charge in [-0.05, 0) is 44.0 Å². The fourth-order valence-electron chi connectivity index (χ4n) is 3.24. The molecule has 23 heavy (non-hydrogen) atoms. The quantitative estimate of drug-likeness (QED) is 0.878. The highest BCUT2D eigenvalue weighted by atomic mass is 16.6. The second kappa shape index (κ2) is 6.04. The molecule has 128 valence electrons. The first-order valence-corrected chi connectivity index (χ1v) is 7.89. The number of hydrogen-bond donors (Lipinski definition) is 2. The molecule has 1 aliphatic rings. The lowest BCUT2D eigenvalue weighted by atomic mass is 9.68. The van der Waals surface area contributed by atoms with E-state index >= 15 is 0 Å². The molecule has 1 amide bonds. The van der Waals surface area contributed by atoms with Gasteiger partial charge in [0.15, 0.2) is 0 Å². The van der Waals surface area contributed by atoms with E-state index < -0.39 is 17.1 Å². The zero-order valence-corrected chi connectivity index (χ0v) is 14.8. The predicted molar refractivity (Wildman–Crippen MR) is 88.8 cm³/mol. The van der Waals surface area contributed by atoms with Crippen LogP contribution in [0.4, 0.5) is 4.79 Å². The van der Waals surface area contributed by atoms with E-state index in [1.165, 1.54) is 0 Å². The number of amides is 1. The summed E-state index contributed by atoms with van der Waals surface area (Å²) in [5.41, 5.74) is 1.19. The van der Waals surface area contributed by atoms with E-state index in [4.69, 9.17) is 9.47 Å². The molecule has 0 fully saturated rings. The van der Waals surface area contributed by atoms with Gasteiger partial charge in [-0.15, -0.1) is 0 Å². The third-order valence-electron chi connectivity index (χ3n) is 4.33. The third-order valence-corrected chi connectivity index (χ3v) is 4.33. The number of phenols is 1. The summed E-state index contributed by atoms with van der Waals surface area (Å²) in [7, 11) is 1.65. The summed E-state index contributed by atoms with van der Waals surface area (Å²) < 4.78 is 11.0. The molecule has 0 saturated carbocycles. The van der Waals surface area contributed by atoms with Crippen LogP contribution >= 0.6 is 0 Å². The Balaban J connectivity index is 2.32. The summed E-state index contributed by atoms with van der Waals surface area (Å²) in [5.74, 6) is 0.226. The highest BCUT2D eigenvalue weighted by Crippen LogP contribution is 2.39. The van der Waals surface area contributed by atoms with Crippen molar-refractivity contribution in [3.63, 3.8) is 0 Å². The Hall–Kier alpha value is -1.75. The molecule has 0 unspecified atom stereocenters. The number of hydrogen-bond acceptors (Lipinski definition) is 4. The number of aromatic hydroxyl groups is 1. The maximum Gasteiger partial charge on any atom is 0.407 e. The molecule has 5 heteroatoms. The summed E-state index contributed by atoms with van der Waals surface area (Å²) >= 11 is 0. The van der Waals surface area contributed by atoms with Crippen LogP contribution in [0.1, 0.15) is 45.7 Å². The van der Waals surface area contributed by atoms with E-state index in [-0.39, 0.29) is 17.9 Å². The molecule has 2 rings (SSSR count). The summed E-state index contributed by atoms with van der Waals surface area (Å²) in [5, 5.41) is 12.8. The largest absolute Gasteiger partial charge is 0.508 e. The van der Waals surface area contributed by atoms with Crippen LogP contribution in [-0.4, -0.2) is 36.1 Å². The van der Waals surface area contributed by atoms with Crippen LogP contribution in [0.15, 0.2) is 18.2 Å². The number of carbonyl (C=O) groups excluding carboxylic acids is 1. The Labute approximate surface area is 138 Å². The molecule has 0 saturated heterocycles. The SMILES string of the molecule is CO[C@H]1Cc2ccc(O)cc2C(C)(C)[C@@H]1NC(=O)OC(C)(C)C. The number of methoxy groups -OCH3 is 1. The van der Waals surface area contributed by atoms with Gasteiger partial charge in [-0.1, -0.05) is 19.9 Å². The normalized spacial score (nSPS) is 23.0. The maximum absolute atomic E-state index is 12.2. The smallest absolute Gasteiger partial charge is 0.407 e. The highest BCUT2D eigenvalue weighted by Gasteiger charge is 2.44. The van der Waals surface area contributed by atoms with Gasteiger partial charge in [0.2, 0.25) is 0 Å². The monoisotopic (exact) mass is 321 g/mol. The Morgan fingerprint density at radius 1 is 1.35 bits per heavy atom. The zero-order chi connectivity index (χ0) is 17.4. The first-order chi connectivity index (χ1) is 10.5. The molecule has 5 nitrogen and oxygen atoms in total. The number of ether oxygens (including phenoxy) is 2. The fraction of sp³-hybridized carbons (Fsp3) is 0.611. The summed E-state index contributed by atoms with van der Waals surface area (Å²) in [6.07, 6.45) is 0.0616. The fourth-order valence-corrected chi connectivity index (χ4v) is 3.24. The molecule has 0 bridgehead atoms. The van der Waals surface area contributed by atoms with Crippen molar-refractivity contribution in [1.82, 2.24) is 5.32 Å². The van der Waals surface area contributed by atoms with Gasteiger partial charge in [-0.2, -0.15) is 0 Å². The molecule has 0 spiro atoms. The van der Waals surface area contributed by atoms with Crippen LogP contribution in [0, 0.1) is 0 Å². The molecule has 2 N–H and O–H groups in total. The minimum atomic E-state index is -0.554. The Morgan fingerprint density at radius 3 is 2.57 bits per heavy atom. The van der Waals surface area contributed by atoms with E-state index in [1.54, 1.807) is 19.2 Å². The van der Waals surface area contributed by atoms with Gasteiger partial charge in [-0.25, -0.2) is 4.79 Å². The number of nitrogens with one attached hydrogen (secondary N) is 1. The van der Waals surface area contributed by atoms with Gasteiger partial charge >= 0.3 is 6.09 Å². The van der Waals surface area contributed by atoms with E-state index in [0.29, 0.717) is 6.42 Å². The van der Waals surface area contributed by atoms with Crippen LogP contribution in [0.3, 0.4) is 0 Å². The minimum Gasteiger partial charge on any atom is -0.508 e. The standard InChI is InChI=1S/C18H27NO4/c1-17(2,3)23-16(21)19-15-14(22-6)9-11-7-8-12(20)10-13(11)18(15,4)5/h7-8,10,14-15,20H,9H2,1-6H3,(H,19,21)/t14-,15+/m0/s1. The predicted octanol–water partition coefficient (Wildman–Crippen LogP) is 3.13. The van der Waals surface area contributed by atoms with Crippen molar-refractivity contribution in [3.8, 4) is 5.75 Å². The topological polar surface area (TPSA) is 67.8 Å². The average Bonchev–Trinajstić information content (AvgIpc) is 2.40. The number of benzene rings is 1. The molecule has 0 aliphatic heterocycles. The second-order valence-electron chi connectivity index (χ2n) is 7.67. The Bertz CT molecular complexity index is 589. The van der Waals surface area contributed by atoms with Crippen LogP contribution in [-0.2, 0) is 21.3 Å². The number of rotatable bonds is 2. The van der Waals surface area contributed by atoms with E-state index in [2.05, 4.69) is 5.32 Å². The second-order valence-corrected chi connectivity index (χ2v) is 7.67. The van der Waals surface area contributed by atoms with Crippen molar-refractivity contribution in [3.05, 3.63) is 29.3 Å². The number of phenolic OH excluding ortho intramolecular Hbond substituents is 1. The zero-order valence-electron chi connectivity index (χ0n) is 14.8. The lowest BCUT2D eigenvalue weighted by molar-refractivity contribution is 0.0156. The lowest BCUT2D eigenvalue weighted by Crippen LogP contribution is -2.58. The van der Waals surface area contributed by atoms with Crippen LogP contribution in [0.25, 0.3) is 0 Å². The molecular weight excluding hydrogens is 294 g/mol. The molecular formula is C18H27NO4. The van der Waals surface area contributed by atoms with Gasteiger partial charge in [0.25, 0.3) is 0 Å². The van der Waals surface area contributed by atoms with Gasteiger partial charge in [-0.3, -0.25) is 0 Å². The van der Waals surface area contributed by atoms with Gasteiger partial charge < -0.3 is 19.9 Å². The van der Waals surface area contributed by atoms with Crippen molar-refractivity contribution < 1.29 is 19.4 Å². The summed E-state index contributed by atoms with van der Waals surface area (Å²) in [6, 6.07) is 5.12. The van der Waals surface area contributed by atoms with E-state index in [9.17, 15) is 9.90 Å². The first kappa shape index (κ1) is 17.6. The third kappa shape index (κ3) is 3.78. The summed E-state index contributed by atoms with van der Waals surface area (Å²) in [6.45, 7) is 9.58. The first-order valence-electron chi connectivity index (χ1n) is 7.89. The molecule has 0 heterocycles. The molecule has 1 aromatic carbocycles. The van der Waals surface area contributed by atoms with Gasteiger partial charge in [0, 0.05) is 18.9 Å². The van der Waals surface area contributed by atoms with Crippen molar-refractivity contribution in [1.29, 1.82) is 0 Å². The maximum atomic E-state index is 12.2. The number of carbonyl (C=O) groups is 1. The highest BCUT2D eigenvalue weighted by molar-refractivity contribution is 5.69. The van der Waals surface area contributed by atoms with Crippen molar-refractivity contribution in [2.45, 2.75) is 64.2 Å². The molecule has 0 radical (unpaired) electrons. The number of alkyl carbamates (subject to hydrolysis) is 1. The van der Waals surface area contributed by atoms with Crippen LogP contribution < -0.4 is 5.32 Å². The van der Waals surface area contributed by atoms with Gasteiger partial charge in [0.1, 0.15) is 11.4 Å². The molecule has 2 atom stereocenters. The Morgan fingerprint density at radius 2 is 2.00 bits per heavy atom. The molecule has 1 aliphatic carbocycles. The van der Waals surface area contributed by atoms with Crippen molar-refractivity contribution in [2.24, 2.45) is 0 Å². The molecule has 0 aromatic heterocycles. The van der Waals surface area contributed by atoms with E-state index in [1.807, 2.05) is 40.7 Å². The minimum absolute atomic E-state index is 0.158. The van der Waals surface area contributed by atoms with Crippen molar-refractivity contribution >= 4 is 6.09 Å². The van der Waals surface area contributed by atoms with Crippen molar-refractivity contribution in [2.75, 3.05) is 7.11 Å². The van der Waals surface area contributed by atoms with Crippen LogP contribution in [0.2, 0.25) is 0 Å².